The van der Waals surface area contributed by atoms with Gasteiger partial charge in [-0.3, -0.25) is 9.69 Å². The molecule has 0 saturated carbocycles. The normalized spacial score (nSPS) is 31.8. The van der Waals surface area contributed by atoms with Gasteiger partial charge in [0.05, 0.1) is 0 Å². The first-order valence-corrected chi connectivity index (χ1v) is 7.82. The summed E-state index contributed by atoms with van der Waals surface area (Å²) in [6.45, 7) is 5.53. The van der Waals surface area contributed by atoms with Crippen LogP contribution in [0.4, 0.5) is 4.79 Å². The summed E-state index contributed by atoms with van der Waals surface area (Å²) in [6.07, 6.45) is 6.16. The Balaban J connectivity index is 1.92. The van der Waals surface area contributed by atoms with Crippen molar-refractivity contribution < 1.29 is 9.59 Å². The molecule has 2 heterocycles. The Morgan fingerprint density at radius 2 is 2.10 bits per heavy atom. The molecule has 20 heavy (non-hydrogen) atoms. The van der Waals surface area contributed by atoms with Crippen LogP contribution in [0.15, 0.2) is 0 Å². The molecule has 2 unspecified atom stereocenters. The van der Waals surface area contributed by atoms with Gasteiger partial charge < -0.3 is 10.2 Å². The van der Waals surface area contributed by atoms with Gasteiger partial charge in [-0.05, 0) is 46.2 Å². The van der Waals surface area contributed by atoms with Crippen LogP contribution in [0.1, 0.15) is 52.4 Å². The highest BCUT2D eigenvalue weighted by molar-refractivity contribution is 6.06. The molecule has 5 heteroatoms. The summed E-state index contributed by atoms with van der Waals surface area (Å²) < 4.78 is 0. The lowest BCUT2D eigenvalue weighted by atomic mass is 9.96. The van der Waals surface area contributed by atoms with Crippen LogP contribution in [-0.4, -0.2) is 53.5 Å². The molecule has 2 atom stereocenters. The number of hydrogen-bond acceptors (Lipinski definition) is 3. The van der Waals surface area contributed by atoms with Gasteiger partial charge in [0.2, 0.25) is 0 Å². The number of hydrogen-bond donors (Lipinski definition) is 1. The van der Waals surface area contributed by atoms with Crippen LogP contribution in [0.5, 0.6) is 0 Å². The summed E-state index contributed by atoms with van der Waals surface area (Å²) in [7, 11) is 2.14. The van der Waals surface area contributed by atoms with E-state index in [0.717, 1.165) is 19.4 Å². The Morgan fingerprint density at radius 3 is 2.75 bits per heavy atom. The second-order valence-electron chi connectivity index (χ2n) is 6.39. The number of carbonyl (C=O) groups excluding carboxylic acids is 2. The summed E-state index contributed by atoms with van der Waals surface area (Å²) in [6, 6.07) is 0.284. The molecule has 2 fully saturated rings. The van der Waals surface area contributed by atoms with E-state index >= 15 is 0 Å². The quantitative estimate of drug-likeness (QED) is 0.784. The highest BCUT2D eigenvalue weighted by atomic mass is 16.2. The molecule has 0 aromatic carbocycles. The van der Waals surface area contributed by atoms with Gasteiger partial charge in [0.15, 0.2) is 0 Å². The van der Waals surface area contributed by atoms with E-state index in [1.54, 1.807) is 0 Å². The molecule has 0 aliphatic carbocycles. The fourth-order valence-electron chi connectivity index (χ4n) is 3.41. The number of rotatable bonds is 5. The first-order chi connectivity index (χ1) is 9.48. The lowest BCUT2D eigenvalue weighted by Gasteiger charge is -2.33. The molecule has 2 aliphatic heterocycles. The summed E-state index contributed by atoms with van der Waals surface area (Å²) in [5.74, 6) is -0.0530. The van der Waals surface area contributed by atoms with Crippen LogP contribution < -0.4 is 5.32 Å². The molecule has 0 aromatic heterocycles. The lowest BCUT2D eigenvalue weighted by molar-refractivity contribution is -0.131. The summed E-state index contributed by atoms with van der Waals surface area (Å²) >= 11 is 0. The zero-order valence-corrected chi connectivity index (χ0v) is 12.9. The van der Waals surface area contributed by atoms with Gasteiger partial charge in [0.25, 0.3) is 5.91 Å². The highest BCUT2D eigenvalue weighted by Gasteiger charge is 2.46. The molecular weight excluding hydrogens is 254 g/mol. The third kappa shape index (κ3) is 2.97. The maximum Gasteiger partial charge on any atom is 0.325 e. The molecule has 0 radical (unpaired) electrons. The van der Waals surface area contributed by atoms with Crippen molar-refractivity contribution >= 4 is 11.9 Å². The number of nitrogens with zero attached hydrogens (tertiary/aromatic N) is 2. The Morgan fingerprint density at radius 1 is 1.35 bits per heavy atom. The van der Waals surface area contributed by atoms with E-state index in [1.807, 2.05) is 13.8 Å². The van der Waals surface area contributed by atoms with Gasteiger partial charge in [-0.1, -0.05) is 19.8 Å². The summed E-state index contributed by atoms with van der Waals surface area (Å²) in [4.78, 5) is 28.2. The van der Waals surface area contributed by atoms with Crippen LogP contribution in [0.2, 0.25) is 0 Å². The van der Waals surface area contributed by atoms with Gasteiger partial charge in [0.1, 0.15) is 5.54 Å². The van der Waals surface area contributed by atoms with Crippen LogP contribution >= 0.6 is 0 Å². The Bertz CT molecular complexity index is 385. The molecule has 0 spiro atoms. The van der Waals surface area contributed by atoms with E-state index in [-0.39, 0.29) is 11.9 Å². The van der Waals surface area contributed by atoms with Crippen molar-refractivity contribution in [3.63, 3.8) is 0 Å². The Kier molecular flexibility index (Phi) is 4.68. The largest absolute Gasteiger partial charge is 0.325 e. The first-order valence-electron chi connectivity index (χ1n) is 7.82. The number of nitrogens with one attached hydrogen (secondary N) is 1. The topological polar surface area (TPSA) is 52.7 Å². The number of carbonyl (C=O) groups is 2. The molecule has 1 N–H and O–H groups in total. The van der Waals surface area contributed by atoms with Gasteiger partial charge in [-0.15, -0.1) is 0 Å². The number of amides is 3. The monoisotopic (exact) mass is 281 g/mol. The third-order valence-corrected chi connectivity index (χ3v) is 4.70. The fourth-order valence-corrected chi connectivity index (χ4v) is 3.41. The van der Waals surface area contributed by atoms with E-state index < -0.39 is 5.54 Å². The number of urea groups is 1. The van der Waals surface area contributed by atoms with E-state index in [0.29, 0.717) is 19.0 Å². The number of piperidine rings is 1. The minimum absolute atomic E-state index is 0.0530. The molecule has 2 saturated heterocycles. The predicted molar refractivity (Wildman–Crippen MR) is 78.4 cm³/mol. The van der Waals surface area contributed by atoms with Crippen LogP contribution in [0.25, 0.3) is 0 Å². The zero-order chi connectivity index (χ0) is 14.8. The second kappa shape index (κ2) is 6.12. The van der Waals surface area contributed by atoms with Crippen molar-refractivity contribution in [3.05, 3.63) is 0 Å². The lowest BCUT2D eigenvalue weighted by Crippen LogP contribution is -2.44. The molecule has 114 valence electrons. The molecule has 0 bridgehead atoms. The minimum Gasteiger partial charge on any atom is -0.323 e. The smallest absolute Gasteiger partial charge is 0.323 e. The van der Waals surface area contributed by atoms with Crippen LogP contribution in [0, 0.1) is 0 Å². The van der Waals surface area contributed by atoms with E-state index in [2.05, 4.69) is 17.3 Å². The second-order valence-corrected chi connectivity index (χ2v) is 6.39. The van der Waals surface area contributed by atoms with Gasteiger partial charge in [-0.25, -0.2) is 4.79 Å². The van der Waals surface area contributed by atoms with Crippen molar-refractivity contribution in [2.24, 2.45) is 0 Å². The maximum absolute atomic E-state index is 12.4. The fraction of sp³-hybridized carbons (Fsp3) is 0.867. The SMILES string of the molecule is CCCC1(C)NC(=O)N(CCC2CCCCN2C)C1=O. The van der Waals surface area contributed by atoms with Gasteiger partial charge >= 0.3 is 6.03 Å². The average molecular weight is 281 g/mol. The number of imide groups is 1. The van der Waals surface area contributed by atoms with E-state index in [9.17, 15) is 9.59 Å². The standard InChI is InChI=1S/C15H27N3O2/c1-4-9-15(2)13(19)18(14(20)16-15)11-8-12-7-5-6-10-17(12)3/h12H,4-11H2,1-3H3,(H,16,20). The highest BCUT2D eigenvalue weighted by Crippen LogP contribution is 2.24. The Labute approximate surface area is 121 Å². The average Bonchev–Trinajstić information content (AvgIpc) is 2.60. The zero-order valence-electron chi connectivity index (χ0n) is 12.9. The molecule has 2 aliphatic rings. The van der Waals surface area contributed by atoms with Crippen LogP contribution in [-0.2, 0) is 4.79 Å². The molecule has 5 nitrogen and oxygen atoms in total. The van der Waals surface area contributed by atoms with Crippen molar-refractivity contribution in [2.45, 2.75) is 64.0 Å². The van der Waals surface area contributed by atoms with Crippen molar-refractivity contribution in [3.8, 4) is 0 Å². The minimum atomic E-state index is -0.690. The first kappa shape index (κ1) is 15.3. The third-order valence-electron chi connectivity index (χ3n) is 4.70. The van der Waals surface area contributed by atoms with Crippen molar-refractivity contribution in [2.75, 3.05) is 20.1 Å². The van der Waals surface area contributed by atoms with E-state index in [4.69, 9.17) is 0 Å². The predicted octanol–water partition coefficient (Wildman–Crippen LogP) is 1.97. The van der Waals surface area contributed by atoms with Crippen molar-refractivity contribution in [1.82, 2.24) is 15.1 Å². The molecule has 2 rings (SSSR count). The van der Waals surface area contributed by atoms with Crippen LogP contribution in [0.3, 0.4) is 0 Å². The summed E-state index contributed by atoms with van der Waals surface area (Å²) in [5, 5.41) is 2.85. The van der Waals surface area contributed by atoms with Crippen molar-refractivity contribution in [1.29, 1.82) is 0 Å². The molecular formula is C15H27N3O2. The molecule has 0 aromatic rings. The Hall–Kier alpha value is -1.10. The number of likely N-dealkylation sites (tertiary alicyclic amines) is 1. The molecule has 3 amide bonds. The van der Waals surface area contributed by atoms with Gasteiger partial charge in [-0.2, -0.15) is 0 Å². The summed E-state index contributed by atoms with van der Waals surface area (Å²) in [5.41, 5.74) is -0.690. The van der Waals surface area contributed by atoms with Gasteiger partial charge in [0, 0.05) is 12.6 Å². The maximum atomic E-state index is 12.4. The van der Waals surface area contributed by atoms with E-state index in [1.165, 1.54) is 24.2 Å².